The van der Waals surface area contributed by atoms with Crippen LogP contribution >= 0.6 is 0 Å². The Morgan fingerprint density at radius 1 is 0.860 bits per heavy atom. The molecule has 0 spiro atoms. The second-order valence-electron chi connectivity index (χ2n) is 11.8. The standard InChI is InChI=1S/C32H53N7O11/c1-2-49-32(47)24(13-8-9-15-33-28(43)20-48-22-30(45)46)36-27(42)19-34-26(41)18-35-29(44)21-50-25-14-7-5-6-12-23-31(25)39(38-37-23)16-10-3-4-11-17-40/h24-25,40H,2-22H2,1H3,(H,33,43)(H,34,41)(H,35,44)(H,36,42)(H,45,46)/t24-,25?/m0/s1. The molecule has 50 heavy (non-hydrogen) atoms. The maximum absolute atomic E-state index is 12.6. The van der Waals surface area contributed by atoms with E-state index in [1.165, 1.54) is 0 Å². The third-order valence-corrected chi connectivity index (χ3v) is 7.72. The van der Waals surface area contributed by atoms with Crippen LogP contribution in [-0.2, 0) is 55.9 Å². The molecule has 282 valence electrons. The number of carbonyl (C=O) groups excluding carboxylic acids is 5. The highest BCUT2D eigenvalue weighted by Gasteiger charge is 2.26. The molecule has 0 aliphatic heterocycles. The summed E-state index contributed by atoms with van der Waals surface area (Å²) in [7, 11) is 0. The molecule has 1 heterocycles. The first-order valence-corrected chi connectivity index (χ1v) is 17.3. The first-order chi connectivity index (χ1) is 24.1. The van der Waals surface area contributed by atoms with Crippen LogP contribution in [0.15, 0.2) is 0 Å². The number of unbranched alkanes of at least 4 members (excludes halogenated alkanes) is 4. The van der Waals surface area contributed by atoms with E-state index in [0.29, 0.717) is 25.8 Å². The predicted molar refractivity (Wildman–Crippen MR) is 176 cm³/mol. The van der Waals surface area contributed by atoms with Gasteiger partial charge in [0.1, 0.15) is 32.0 Å². The molecule has 0 aromatic carbocycles. The number of fused-ring (bicyclic) bond motifs is 1. The molecule has 1 aliphatic rings. The normalized spacial score (nSPS) is 14.7. The summed E-state index contributed by atoms with van der Waals surface area (Å²) in [6.45, 7) is 0.765. The van der Waals surface area contributed by atoms with Gasteiger partial charge in [-0.25, -0.2) is 14.3 Å². The van der Waals surface area contributed by atoms with Crippen LogP contribution in [0.2, 0.25) is 0 Å². The topological polar surface area (TPSA) is 249 Å². The number of rotatable bonds is 25. The lowest BCUT2D eigenvalue weighted by Gasteiger charge is -2.22. The Morgan fingerprint density at radius 3 is 2.36 bits per heavy atom. The molecular weight excluding hydrogens is 658 g/mol. The zero-order valence-electron chi connectivity index (χ0n) is 28.9. The van der Waals surface area contributed by atoms with Crippen molar-refractivity contribution >= 4 is 35.6 Å². The summed E-state index contributed by atoms with van der Waals surface area (Å²) in [5.41, 5.74) is 1.76. The monoisotopic (exact) mass is 711 g/mol. The molecule has 18 heteroatoms. The number of amides is 4. The summed E-state index contributed by atoms with van der Waals surface area (Å²) < 4.78 is 17.6. The van der Waals surface area contributed by atoms with E-state index in [4.69, 9.17) is 24.4 Å². The lowest BCUT2D eigenvalue weighted by atomic mass is 9.98. The fraction of sp³-hybridized carbons (Fsp3) is 0.750. The van der Waals surface area contributed by atoms with Gasteiger partial charge in [0.25, 0.3) is 0 Å². The number of hydrogen-bond acceptors (Lipinski definition) is 12. The molecule has 2 rings (SSSR count). The van der Waals surface area contributed by atoms with Gasteiger partial charge in [0.05, 0.1) is 31.1 Å². The smallest absolute Gasteiger partial charge is 0.329 e. The molecule has 0 radical (unpaired) electrons. The van der Waals surface area contributed by atoms with Crippen molar-refractivity contribution in [2.45, 2.75) is 103 Å². The van der Waals surface area contributed by atoms with Gasteiger partial charge >= 0.3 is 11.9 Å². The number of aromatic nitrogens is 3. The maximum Gasteiger partial charge on any atom is 0.329 e. The van der Waals surface area contributed by atoms with Crippen molar-refractivity contribution in [1.82, 2.24) is 36.3 Å². The average Bonchev–Trinajstić information content (AvgIpc) is 3.46. The second kappa shape index (κ2) is 24.9. The number of carboxylic acids is 1. The maximum atomic E-state index is 12.6. The van der Waals surface area contributed by atoms with Crippen molar-refractivity contribution < 1.29 is 53.2 Å². The summed E-state index contributed by atoms with van der Waals surface area (Å²) in [6.07, 6.45) is 8.74. The van der Waals surface area contributed by atoms with Crippen molar-refractivity contribution in [2.75, 3.05) is 52.7 Å². The fourth-order valence-electron chi connectivity index (χ4n) is 5.24. The van der Waals surface area contributed by atoms with Crippen LogP contribution in [0.5, 0.6) is 0 Å². The van der Waals surface area contributed by atoms with Crippen LogP contribution in [0, 0.1) is 0 Å². The highest BCUT2D eigenvalue weighted by molar-refractivity contribution is 5.90. The number of aliphatic hydroxyl groups is 1. The third kappa shape index (κ3) is 17.5. The zero-order chi connectivity index (χ0) is 36.6. The molecule has 0 fully saturated rings. The van der Waals surface area contributed by atoms with Crippen LogP contribution in [-0.4, -0.2) is 119 Å². The van der Waals surface area contributed by atoms with Gasteiger partial charge in [-0.05, 0) is 58.3 Å². The van der Waals surface area contributed by atoms with E-state index in [2.05, 4.69) is 31.6 Å². The zero-order valence-corrected chi connectivity index (χ0v) is 28.9. The molecule has 1 aromatic heterocycles. The summed E-state index contributed by atoms with van der Waals surface area (Å²) in [4.78, 5) is 71.9. The van der Waals surface area contributed by atoms with E-state index < -0.39 is 61.4 Å². The van der Waals surface area contributed by atoms with E-state index >= 15 is 0 Å². The largest absolute Gasteiger partial charge is 0.480 e. The Kier molecular flexibility index (Phi) is 20.9. The van der Waals surface area contributed by atoms with E-state index in [1.54, 1.807) is 6.92 Å². The van der Waals surface area contributed by atoms with Crippen molar-refractivity contribution in [1.29, 1.82) is 0 Å². The van der Waals surface area contributed by atoms with Crippen molar-refractivity contribution in [3.05, 3.63) is 11.4 Å². The Balaban J connectivity index is 1.74. The van der Waals surface area contributed by atoms with Crippen LogP contribution in [0.25, 0.3) is 0 Å². The SMILES string of the molecule is CCOC(=O)[C@H](CCCCNC(=O)COCC(=O)O)NC(=O)CNC(=O)CNC(=O)COC1CCCCCc2nnn(CCCCCCO)c21. The van der Waals surface area contributed by atoms with E-state index in [9.17, 15) is 28.8 Å². The first kappa shape index (κ1) is 42.0. The third-order valence-electron chi connectivity index (χ3n) is 7.72. The number of nitrogens with one attached hydrogen (secondary N) is 4. The minimum absolute atomic E-state index is 0.103. The highest BCUT2D eigenvalue weighted by atomic mass is 16.5. The summed E-state index contributed by atoms with van der Waals surface area (Å²) in [5.74, 6) is -4.04. The Bertz CT molecular complexity index is 1230. The fourth-order valence-corrected chi connectivity index (χ4v) is 5.24. The minimum Gasteiger partial charge on any atom is -0.480 e. The number of nitrogens with zero attached hydrogens (tertiary/aromatic N) is 3. The van der Waals surface area contributed by atoms with Gasteiger partial charge in [-0.2, -0.15) is 0 Å². The van der Waals surface area contributed by atoms with Gasteiger partial charge in [-0.1, -0.05) is 30.9 Å². The van der Waals surface area contributed by atoms with Gasteiger partial charge in [0.15, 0.2) is 0 Å². The number of esters is 1. The van der Waals surface area contributed by atoms with Crippen molar-refractivity contribution in [2.24, 2.45) is 0 Å². The molecule has 4 amide bonds. The number of carbonyl (C=O) groups is 6. The van der Waals surface area contributed by atoms with E-state index in [0.717, 1.165) is 62.8 Å². The van der Waals surface area contributed by atoms with Crippen LogP contribution in [0.1, 0.15) is 95.0 Å². The van der Waals surface area contributed by atoms with Gasteiger partial charge in [0.2, 0.25) is 23.6 Å². The number of ether oxygens (including phenoxy) is 3. The Labute approximate surface area is 291 Å². The summed E-state index contributed by atoms with van der Waals surface area (Å²) >= 11 is 0. The average molecular weight is 712 g/mol. The lowest BCUT2D eigenvalue weighted by molar-refractivity contribution is -0.147. The molecule has 1 aromatic rings. The number of carboxylic acid groups (broad SMARTS) is 1. The molecule has 6 N–H and O–H groups in total. The quantitative estimate of drug-likeness (QED) is 0.0563. The van der Waals surface area contributed by atoms with E-state index in [1.807, 2.05) is 4.68 Å². The van der Waals surface area contributed by atoms with E-state index in [-0.39, 0.29) is 45.4 Å². The van der Waals surface area contributed by atoms with Gasteiger partial charge in [0, 0.05) is 19.7 Å². The lowest BCUT2D eigenvalue weighted by Crippen LogP contribution is -2.47. The molecule has 2 atom stereocenters. The van der Waals surface area contributed by atoms with Gasteiger partial charge in [-0.15, -0.1) is 5.10 Å². The highest BCUT2D eigenvalue weighted by Crippen LogP contribution is 2.30. The second-order valence-corrected chi connectivity index (χ2v) is 11.8. The summed E-state index contributed by atoms with van der Waals surface area (Å²) in [6, 6.07) is -0.975. The first-order valence-electron chi connectivity index (χ1n) is 17.3. The van der Waals surface area contributed by atoms with Gasteiger partial charge < -0.3 is 45.7 Å². The van der Waals surface area contributed by atoms with Crippen molar-refractivity contribution in [3.63, 3.8) is 0 Å². The molecule has 0 saturated heterocycles. The van der Waals surface area contributed by atoms with Crippen LogP contribution < -0.4 is 21.3 Å². The van der Waals surface area contributed by atoms with Crippen molar-refractivity contribution in [3.8, 4) is 0 Å². The number of hydrogen-bond donors (Lipinski definition) is 6. The molecule has 0 saturated carbocycles. The number of aliphatic hydroxyl groups excluding tert-OH is 1. The Hall–Kier alpha value is -4.16. The van der Waals surface area contributed by atoms with Gasteiger partial charge in [-0.3, -0.25) is 19.2 Å². The number of aryl methyl sites for hydroxylation is 2. The molecule has 1 unspecified atom stereocenters. The number of aliphatic carboxylic acids is 1. The summed E-state index contributed by atoms with van der Waals surface area (Å²) in [5, 5.41) is 36.3. The predicted octanol–water partition coefficient (Wildman–Crippen LogP) is -0.327. The van der Waals surface area contributed by atoms with Crippen LogP contribution in [0.4, 0.5) is 0 Å². The molecule has 18 nitrogen and oxygen atoms in total. The minimum atomic E-state index is -1.18. The van der Waals surface area contributed by atoms with Crippen LogP contribution in [0.3, 0.4) is 0 Å². The molecule has 0 bridgehead atoms. The Morgan fingerprint density at radius 2 is 1.60 bits per heavy atom. The molecular formula is C32H53N7O11. The molecule has 1 aliphatic carbocycles.